The number of piperazine rings is 1. The Labute approximate surface area is 149 Å². The molecule has 4 heteroatoms. The van der Waals surface area contributed by atoms with Crippen molar-refractivity contribution < 1.29 is 4.79 Å². The minimum absolute atomic E-state index is 0. The van der Waals surface area contributed by atoms with Crippen LogP contribution in [0.2, 0.25) is 0 Å². The van der Waals surface area contributed by atoms with E-state index in [9.17, 15) is 4.79 Å². The van der Waals surface area contributed by atoms with Crippen LogP contribution in [0.5, 0.6) is 0 Å². The Morgan fingerprint density at radius 2 is 1.88 bits per heavy atom. The van der Waals surface area contributed by atoms with Crippen molar-refractivity contribution in [1.82, 2.24) is 10.2 Å². The number of fused-ring (bicyclic) bond motifs is 1. The minimum Gasteiger partial charge on any atom is -0.337 e. The summed E-state index contributed by atoms with van der Waals surface area (Å²) in [4.78, 5) is 15.0. The van der Waals surface area contributed by atoms with Gasteiger partial charge in [0.05, 0.1) is 0 Å². The second-order valence-corrected chi connectivity index (χ2v) is 7.07. The average Bonchev–Trinajstić information content (AvgIpc) is 3.37. The molecule has 1 N–H and O–H groups in total. The van der Waals surface area contributed by atoms with Gasteiger partial charge in [-0.3, -0.25) is 4.79 Å². The lowest BCUT2D eigenvalue weighted by molar-refractivity contribution is -0.136. The summed E-state index contributed by atoms with van der Waals surface area (Å²) in [7, 11) is 0. The van der Waals surface area contributed by atoms with Crippen molar-refractivity contribution in [3.8, 4) is 0 Å². The molecule has 0 aromatic heterocycles. The second kappa shape index (κ2) is 6.73. The van der Waals surface area contributed by atoms with Crippen LogP contribution in [0.3, 0.4) is 0 Å². The molecule has 24 heavy (non-hydrogen) atoms. The molecule has 128 valence electrons. The number of carbonyl (C=O) groups excluding carboxylic acids is 1. The van der Waals surface area contributed by atoms with E-state index in [-0.39, 0.29) is 24.4 Å². The highest BCUT2D eigenvalue weighted by molar-refractivity contribution is 5.86. The fourth-order valence-electron chi connectivity index (χ4n) is 3.86. The zero-order valence-corrected chi connectivity index (χ0v) is 15.1. The number of benzene rings is 2. The first-order chi connectivity index (χ1) is 11.1. The van der Waals surface area contributed by atoms with E-state index in [1.165, 1.54) is 16.3 Å². The standard InChI is InChI=1S/C20H24N2O.ClH/c1-13-14(2)22(10-9-21-13)20(23)19-12-18(19)17-8-7-15-5-3-4-6-16(15)11-17;/h3-8,11,13-14,18-19,21H,9-10,12H2,1-2H3;1H. The molecule has 2 aromatic carbocycles. The Morgan fingerprint density at radius 1 is 1.12 bits per heavy atom. The first kappa shape index (κ1) is 17.2. The van der Waals surface area contributed by atoms with E-state index in [2.05, 4.69) is 66.5 Å². The SMILES string of the molecule is CC1NCCN(C(=O)C2CC2c2ccc3ccccc3c2)C1C.Cl. The van der Waals surface area contributed by atoms with Gasteiger partial charge in [-0.15, -0.1) is 12.4 Å². The van der Waals surface area contributed by atoms with Gasteiger partial charge in [0.15, 0.2) is 0 Å². The Balaban J connectivity index is 0.00000169. The quantitative estimate of drug-likeness (QED) is 0.903. The van der Waals surface area contributed by atoms with Crippen molar-refractivity contribution in [3.63, 3.8) is 0 Å². The Bertz CT molecular complexity index is 747. The van der Waals surface area contributed by atoms with Crippen LogP contribution in [0.1, 0.15) is 31.7 Å². The average molecular weight is 345 g/mol. The summed E-state index contributed by atoms with van der Waals surface area (Å²) < 4.78 is 0. The molecule has 1 aliphatic heterocycles. The number of amides is 1. The molecule has 1 saturated heterocycles. The van der Waals surface area contributed by atoms with Crippen LogP contribution >= 0.6 is 12.4 Å². The molecule has 2 aromatic rings. The predicted molar refractivity (Wildman–Crippen MR) is 101 cm³/mol. The number of carbonyl (C=O) groups is 1. The van der Waals surface area contributed by atoms with Gasteiger partial charge in [-0.25, -0.2) is 0 Å². The molecule has 1 aliphatic carbocycles. The van der Waals surface area contributed by atoms with Gasteiger partial charge < -0.3 is 10.2 Å². The maximum absolute atomic E-state index is 12.9. The summed E-state index contributed by atoms with van der Waals surface area (Å²) in [5, 5.41) is 5.98. The molecule has 1 heterocycles. The van der Waals surface area contributed by atoms with Crippen LogP contribution in [0.4, 0.5) is 0 Å². The number of halogens is 1. The molecule has 1 saturated carbocycles. The van der Waals surface area contributed by atoms with E-state index in [1.54, 1.807) is 0 Å². The maximum atomic E-state index is 12.9. The highest BCUT2D eigenvalue weighted by Crippen LogP contribution is 2.49. The van der Waals surface area contributed by atoms with E-state index < -0.39 is 0 Å². The lowest BCUT2D eigenvalue weighted by Crippen LogP contribution is -2.57. The van der Waals surface area contributed by atoms with Crippen LogP contribution in [0, 0.1) is 5.92 Å². The Morgan fingerprint density at radius 3 is 2.67 bits per heavy atom. The van der Waals surface area contributed by atoms with Crippen LogP contribution in [-0.4, -0.2) is 36.0 Å². The molecule has 0 radical (unpaired) electrons. The molecule has 0 spiro atoms. The van der Waals surface area contributed by atoms with Gasteiger partial charge in [-0.05, 0) is 42.5 Å². The Kier molecular flexibility index (Phi) is 4.84. The second-order valence-electron chi connectivity index (χ2n) is 7.07. The molecule has 2 fully saturated rings. The Hall–Kier alpha value is -1.58. The molecule has 4 rings (SSSR count). The van der Waals surface area contributed by atoms with Crippen molar-refractivity contribution in [2.24, 2.45) is 5.92 Å². The number of hydrogen-bond acceptors (Lipinski definition) is 2. The molecule has 1 amide bonds. The van der Waals surface area contributed by atoms with E-state index in [0.29, 0.717) is 17.9 Å². The zero-order valence-electron chi connectivity index (χ0n) is 14.2. The van der Waals surface area contributed by atoms with E-state index in [1.807, 2.05) is 0 Å². The van der Waals surface area contributed by atoms with Crippen molar-refractivity contribution in [2.75, 3.05) is 13.1 Å². The smallest absolute Gasteiger partial charge is 0.226 e. The number of nitrogens with one attached hydrogen (secondary N) is 1. The van der Waals surface area contributed by atoms with Gasteiger partial charge in [0.2, 0.25) is 5.91 Å². The van der Waals surface area contributed by atoms with Crippen molar-refractivity contribution in [1.29, 1.82) is 0 Å². The van der Waals surface area contributed by atoms with Crippen LogP contribution in [-0.2, 0) is 4.79 Å². The summed E-state index contributed by atoms with van der Waals surface area (Å²) in [6.07, 6.45) is 1.00. The zero-order chi connectivity index (χ0) is 16.0. The number of rotatable bonds is 2. The molecule has 4 atom stereocenters. The van der Waals surface area contributed by atoms with Crippen molar-refractivity contribution in [2.45, 2.75) is 38.3 Å². The van der Waals surface area contributed by atoms with Gasteiger partial charge >= 0.3 is 0 Å². The summed E-state index contributed by atoms with van der Waals surface area (Å²) in [5.74, 6) is 0.942. The predicted octanol–water partition coefficient (Wildman–Crippen LogP) is 3.57. The molecule has 2 aliphatic rings. The maximum Gasteiger partial charge on any atom is 0.226 e. The van der Waals surface area contributed by atoms with Gasteiger partial charge in [-0.2, -0.15) is 0 Å². The topological polar surface area (TPSA) is 32.3 Å². The van der Waals surface area contributed by atoms with Gasteiger partial charge in [-0.1, -0.05) is 42.5 Å². The third-order valence-corrected chi connectivity index (χ3v) is 5.63. The third kappa shape index (κ3) is 3.03. The molecular formula is C20H25ClN2O. The van der Waals surface area contributed by atoms with Crippen molar-refractivity contribution >= 4 is 29.1 Å². The van der Waals surface area contributed by atoms with Gasteiger partial charge in [0.1, 0.15) is 0 Å². The number of nitrogens with zero attached hydrogens (tertiary/aromatic N) is 1. The monoisotopic (exact) mass is 344 g/mol. The van der Waals surface area contributed by atoms with Crippen LogP contribution in [0.15, 0.2) is 42.5 Å². The van der Waals surface area contributed by atoms with Gasteiger partial charge in [0, 0.05) is 31.1 Å². The highest BCUT2D eigenvalue weighted by Gasteiger charge is 2.47. The molecule has 4 unspecified atom stereocenters. The molecule has 0 bridgehead atoms. The van der Waals surface area contributed by atoms with E-state index in [4.69, 9.17) is 0 Å². The first-order valence-electron chi connectivity index (χ1n) is 8.67. The summed E-state index contributed by atoms with van der Waals surface area (Å²) in [6.45, 7) is 6.07. The van der Waals surface area contributed by atoms with Crippen LogP contribution < -0.4 is 5.32 Å². The normalized spacial score (nSPS) is 29.2. The lowest BCUT2D eigenvalue weighted by Gasteiger charge is -2.38. The number of hydrogen-bond donors (Lipinski definition) is 1. The summed E-state index contributed by atoms with van der Waals surface area (Å²) in [5.41, 5.74) is 1.32. The first-order valence-corrected chi connectivity index (χ1v) is 8.67. The fraction of sp³-hybridized carbons (Fsp3) is 0.450. The van der Waals surface area contributed by atoms with Crippen LogP contribution in [0.25, 0.3) is 10.8 Å². The largest absolute Gasteiger partial charge is 0.337 e. The van der Waals surface area contributed by atoms with E-state index >= 15 is 0 Å². The lowest BCUT2D eigenvalue weighted by atomic mass is 10.0. The van der Waals surface area contributed by atoms with E-state index in [0.717, 1.165) is 19.5 Å². The fourth-order valence-corrected chi connectivity index (χ4v) is 3.86. The van der Waals surface area contributed by atoms with Gasteiger partial charge in [0.25, 0.3) is 0 Å². The minimum atomic E-state index is 0. The van der Waals surface area contributed by atoms with Crippen molar-refractivity contribution in [3.05, 3.63) is 48.0 Å². The summed E-state index contributed by atoms with van der Waals surface area (Å²) in [6, 6.07) is 15.7. The molecule has 3 nitrogen and oxygen atoms in total. The third-order valence-electron chi connectivity index (χ3n) is 5.63. The summed E-state index contributed by atoms with van der Waals surface area (Å²) >= 11 is 0. The highest BCUT2D eigenvalue weighted by atomic mass is 35.5. The molecular weight excluding hydrogens is 320 g/mol.